The highest BCUT2D eigenvalue weighted by atomic mass is 15.2. The van der Waals surface area contributed by atoms with Crippen molar-refractivity contribution in [2.75, 3.05) is 18.0 Å². The highest BCUT2D eigenvalue weighted by molar-refractivity contribution is 5.39. The van der Waals surface area contributed by atoms with Crippen LogP contribution in [0.3, 0.4) is 0 Å². The summed E-state index contributed by atoms with van der Waals surface area (Å²) in [7, 11) is 0. The number of aromatic nitrogens is 1. The molecule has 1 aliphatic heterocycles. The number of aryl methyl sites for hydroxylation is 1. The van der Waals surface area contributed by atoms with Crippen molar-refractivity contribution in [3.05, 3.63) is 23.9 Å². The molecule has 3 heteroatoms. The topological polar surface area (TPSA) is 28.2 Å². The van der Waals surface area contributed by atoms with Crippen LogP contribution in [0.1, 0.15) is 58.9 Å². The third-order valence-electron chi connectivity index (χ3n) is 4.56. The van der Waals surface area contributed by atoms with Crippen LogP contribution in [0.4, 0.5) is 5.82 Å². The minimum absolute atomic E-state index is 0.441. The Morgan fingerprint density at radius 2 is 1.95 bits per heavy atom. The van der Waals surface area contributed by atoms with Gasteiger partial charge in [0.05, 0.1) is 0 Å². The molecule has 0 spiro atoms. The maximum Gasteiger partial charge on any atom is 0.128 e. The van der Waals surface area contributed by atoms with Crippen LogP contribution in [0.25, 0.3) is 0 Å². The lowest BCUT2D eigenvalue weighted by molar-refractivity contribution is 0.309. The van der Waals surface area contributed by atoms with Gasteiger partial charge in [-0.15, -0.1) is 0 Å². The van der Waals surface area contributed by atoms with Crippen LogP contribution in [0.15, 0.2) is 18.3 Å². The number of nitrogens with zero attached hydrogens (tertiary/aromatic N) is 2. The summed E-state index contributed by atoms with van der Waals surface area (Å²) in [5, 5.41) is 3.83. The van der Waals surface area contributed by atoms with Crippen LogP contribution in [-0.2, 0) is 0 Å². The number of anilines is 1. The average molecular weight is 303 g/mol. The van der Waals surface area contributed by atoms with E-state index in [2.05, 4.69) is 62.0 Å². The molecular formula is C19H33N3. The van der Waals surface area contributed by atoms with E-state index >= 15 is 0 Å². The van der Waals surface area contributed by atoms with Gasteiger partial charge in [-0.3, -0.25) is 0 Å². The molecule has 0 saturated carbocycles. The van der Waals surface area contributed by atoms with Gasteiger partial charge in [0.15, 0.2) is 0 Å². The SMILES string of the molecule is Cc1ccc(N2CCC(NC(C)CCC(C)(C)C)CC2)nc1. The van der Waals surface area contributed by atoms with Gasteiger partial charge >= 0.3 is 0 Å². The summed E-state index contributed by atoms with van der Waals surface area (Å²) in [4.78, 5) is 6.96. The van der Waals surface area contributed by atoms with Crippen molar-refractivity contribution in [1.29, 1.82) is 0 Å². The molecule has 0 aliphatic carbocycles. The largest absolute Gasteiger partial charge is 0.357 e. The monoisotopic (exact) mass is 303 g/mol. The van der Waals surface area contributed by atoms with Crippen molar-refractivity contribution in [2.45, 2.75) is 72.4 Å². The van der Waals surface area contributed by atoms with Crippen LogP contribution in [0, 0.1) is 12.3 Å². The number of nitrogens with one attached hydrogen (secondary N) is 1. The molecule has 1 atom stereocenters. The fraction of sp³-hybridized carbons (Fsp3) is 0.737. The van der Waals surface area contributed by atoms with E-state index < -0.39 is 0 Å². The molecule has 1 fully saturated rings. The summed E-state index contributed by atoms with van der Waals surface area (Å²) >= 11 is 0. The summed E-state index contributed by atoms with van der Waals surface area (Å²) in [6.07, 6.45) is 6.95. The van der Waals surface area contributed by atoms with Crippen molar-refractivity contribution < 1.29 is 0 Å². The van der Waals surface area contributed by atoms with E-state index in [1.165, 1.54) is 31.2 Å². The molecule has 1 saturated heterocycles. The Morgan fingerprint density at radius 1 is 1.27 bits per heavy atom. The zero-order chi connectivity index (χ0) is 16.2. The molecule has 2 heterocycles. The maximum atomic E-state index is 4.55. The average Bonchev–Trinajstić information content (AvgIpc) is 2.46. The highest BCUT2D eigenvalue weighted by Crippen LogP contribution is 2.23. The predicted octanol–water partition coefficient (Wildman–Crippen LogP) is 4.16. The first-order chi connectivity index (χ1) is 10.3. The molecule has 0 amide bonds. The van der Waals surface area contributed by atoms with Gasteiger partial charge in [-0.05, 0) is 56.6 Å². The molecule has 2 rings (SSSR count). The van der Waals surface area contributed by atoms with Crippen molar-refractivity contribution in [3.8, 4) is 0 Å². The van der Waals surface area contributed by atoms with Crippen molar-refractivity contribution in [2.24, 2.45) is 5.41 Å². The first-order valence-electron chi connectivity index (χ1n) is 8.77. The highest BCUT2D eigenvalue weighted by Gasteiger charge is 2.21. The first-order valence-corrected chi connectivity index (χ1v) is 8.77. The van der Waals surface area contributed by atoms with E-state index in [4.69, 9.17) is 0 Å². The van der Waals surface area contributed by atoms with Crippen molar-refractivity contribution in [1.82, 2.24) is 10.3 Å². The predicted molar refractivity (Wildman–Crippen MR) is 95.5 cm³/mol. The number of hydrogen-bond acceptors (Lipinski definition) is 3. The second-order valence-corrected chi connectivity index (χ2v) is 8.12. The van der Waals surface area contributed by atoms with Crippen LogP contribution in [0.5, 0.6) is 0 Å². The van der Waals surface area contributed by atoms with Gasteiger partial charge < -0.3 is 10.2 Å². The Morgan fingerprint density at radius 3 is 2.50 bits per heavy atom. The summed E-state index contributed by atoms with van der Waals surface area (Å²) in [6, 6.07) is 5.58. The minimum Gasteiger partial charge on any atom is -0.357 e. The summed E-state index contributed by atoms with van der Waals surface area (Å²) in [6.45, 7) is 13.6. The lowest BCUT2D eigenvalue weighted by Gasteiger charge is -2.35. The van der Waals surface area contributed by atoms with E-state index in [1.807, 2.05) is 6.20 Å². The molecule has 124 valence electrons. The quantitative estimate of drug-likeness (QED) is 0.885. The maximum absolute atomic E-state index is 4.55. The lowest BCUT2D eigenvalue weighted by Crippen LogP contribution is -2.45. The van der Waals surface area contributed by atoms with Gasteiger partial charge in [0, 0.05) is 31.4 Å². The van der Waals surface area contributed by atoms with Crippen molar-refractivity contribution in [3.63, 3.8) is 0 Å². The van der Waals surface area contributed by atoms with Crippen LogP contribution >= 0.6 is 0 Å². The lowest BCUT2D eigenvalue weighted by atomic mass is 9.88. The Balaban J connectivity index is 1.74. The van der Waals surface area contributed by atoms with E-state index in [0.717, 1.165) is 18.9 Å². The number of pyridine rings is 1. The van der Waals surface area contributed by atoms with Crippen LogP contribution in [0.2, 0.25) is 0 Å². The molecule has 1 unspecified atom stereocenters. The second-order valence-electron chi connectivity index (χ2n) is 8.12. The molecule has 1 aromatic rings. The minimum atomic E-state index is 0.441. The zero-order valence-electron chi connectivity index (χ0n) is 15.0. The van der Waals surface area contributed by atoms with Gasteiger partial charge in [0.1, 0.15) is 5.82 Å². The molecule has 1 aliphatic rings. The molecule has 0 radical (unpaired) electrons. The van der Waals surface area contributed by atoms with E-state index in [0.29, 0.717) is 17.5 Å². The number of piperidine rings is 1. The molecule has 1 aromatic heterocycles. The van der Waals surface area contributed by atoms with E-state index in [9.17, 15) is 0 Å². The van der Waals surface area contributed by atoms with Gasteiger partial charge in [-0.1, -0.05) is 26.8 Å². The summed E-state index contributed by atoms with van der Waals surface area (Å²) in [5.74, 6) is 1.13. The molecule has 0 bridgehead atoms. The molecule has 0 aromatic carbocycles. The Labute approximate surface area is 136 Å². The third-order valence-corrected chi connectivity index (χ3v) is 4.56. The zero-order valence-corrected chi connectivity index (χ0v) is 15.0. The molecule has 1 N–H and O–H groups in total. The Bertz CT molecular complexity index is 439. The fourth-order valence-electron chi connectivity index (χ4n) is 3.06. The summed E-state index contributed by atoms with van der Waals surface area (Å²) < 4.78 is 0. The van der Waals surface area contributed by atoms with Crippen molar-refractivity contribution >= 4 is 5.82 Å². The number of rotatable bonds is 5. The third kappa shape index (κ3) is 5.60. The Hall–Kier alpha value is -1.09. The number of hydrogen-bond donors (Lipinski definition) is 1. The molecule has 22 heavy (non-hydrogen) atoms. The first kappa shape index (κ1) is 17.3. The van der Waals surface area contributed by atoms with E-state index in [-0.39, 0.29) is 0 Å². The van der Waals surface area contributed by atoms with Gasteiger partial charge in [0.2, 0.25) is 0 Å². The second kappa shape index (κ2) is 7.45. The summed E-state index contributed by atoms with van der Waals surface area (Å²) in [5.41, 5.74) is 1.67. The van der Waals surface area contributed by atoms with Gasteiger partial charge in [-0.25, -0.2) is 4.98 Å². The normalized spacial score (nSPS) is 18.5. The fourth-order valence-corrected chi connectivity index (χ4v) is 3.06. The van der Waals surface area contributed by atoms with Gasteiger partial charge in [-0.2, -0.15) is 0 Å². The molecule has 3 nitrogen and oxygen atoms in total. The van der Waals surface area contributed by atoms with Gasteiger partial charge in [0.25, 0.3) is 0 Å². The van der Waals surface area contributed by atoms with E-state index in [1.54, 1.807) is 0 Å². The standard InChI is InChI=1S/C19H33N3/c1-15-6-7-18(20-14-15)22-12-9-17(10-13-22)21-16(2)8-11-19(3,4)5/h6-7,14,16-17,21H,8-13H2,1-5H3. The Kier molecular flexibility index (Phi) is 5.85. The van der Waals surface area contributed by atoms with Crippen LogP contribution in [-0.4, -0.2) is 30.2 Å². The molecular weight excluding hydrogens is 270 g/mol. The smallest absolute Gasteiger partial charge is 0.128 e. The van der Waals surface area contributed by atoms with Crippen LogP contribution < -0.4 is 10.2 Å².